The molecule has 0 bridgehead atoms. The largest absolute Gasteiger partial charge is 0.355 e. The Bertz CT molecular complexity index is 1260. The molecule has 4 aromatic rings. The zero-order valence-corrected chi connectivity index (χ0v) is 15.4. The van der Waals surface area contributed by atoms with Crippen LogP contribution < -0.4 is 11.0 Å². The number of fused-ring (bicyclic) bond motifs is 2. The quantitative estimate of drug-likeness (QED) is 0.579. The van der Waals surface area contributed by atoms with E-state index in [0.717, 1.165) is 31.5 Å². The highest BCUT2D eigenvalue weighted by Crippen LogP contribution is 2.25. The van der Waals surface area contributed by atoms with Gasteiger partial charge < -0.3 is 9.72 Å². The molecule has 1 aliphatic heterocycles. The van der Waals surface area contributed by atoms with Crippen LogP contribution in [0.4, 0.5) is 4.39 Å². The Morgan fingerprint density at radius 2 is 1.93 bits per heavy atom. The summed E-state index contributed by atoms with van der Waals surface area (Å²) in [7, 11) is 0. The van der Waals surface area contributed by atoms with Crippen molar-refractivity contribution < 1.29 is 4.39 Å². The number of pyridine rings is 2. The summed E-state index contributed by atoms with van der Waals surface area (Å²) in [5.41, 5.74) is 2.58. The number of hydrogen-bond donors (Lipinski definition) is 1. The van der Waals surface area contributed by atoms with Crippen LogP contribution in [-0.4, -0.2) is 36.8 Å². The van der Waals surface area contributed by atoms with Crippen LogP contribution in [0, 0.1) is 12.7 Å². The van der Waals surface area contributed by atoms with E-state index in [0.29, 0.717) is 22.8 Å². The van der Waals surface area contributed by atoms with Gasteiger partial charge in [0.05, 0.1) is 5.69 Å². The second-order valence-corrected chi connectivity index (χ2v) is 7.23. The van der Waals surface area contributed by atoms with E-state index in [9.17, 15) is 9.18 Å². The topological polar surface area (TPSA) is 76.6 Å². The number of aryl methyl sites for hydroxylation is 1. The molecule has 0 aromatic carbocycles. The molecular weight excluding hydrogens is 359 g/mol. The highest BCUT2D eigenvalue weighted by atomic mass is 19.1. The molecule has 5 rings (SSSR count). The van der Waals surface area contributed by atoms with Crippen LogP contribution in [0.25, 0.3) is 22.7 Å². The van der Waals surface area contributed by atoms with E-state index >= 15 is 0 Å². The van der Waals surface area contributed by atoms with E-state index in [1.54, 1.807) is 23.7 Å². The first-order valence-corrected chi connectivity index (χ1v) is 9.35. The van der Waals surface area contributed by atoms with E-state index in [-0.39, 0.29) is 11.5 Å². The van der Waals surface area contributed by atoms with Crippen molar-refractivity contribution in [3.05, 3.63) is 64.3 Å². The molecule has 0 unspecified atom stereocenters. The first-order valence-electron chi connectivity index (χ1n) is 9.35. The van der Waals surface area contributed by atoms with Crippen LogP contribution in [0.3, 0.4) is 0 Å². The molecule has 1 fully saturated rings. The van der Waals surface area contributed by atoms with Crippen molar-refractivity contribution in [2.45, 2.75) is 25.7 Å². The predicted molar refractivity (Wildman–Crippen MR) is 103 cm³/mol. The molecule has 142 valence electrons. The fraction of sp³-hybridized carbons (Fsp3) is 0.300. The van der Waals surface area contributed by atoms with Crippen LogP contribution in [0.5, 0.6) is 0 Å². The van der Waals surface area contributed by atoms with Crippen molar-refractivity contribution in [3.8, 4) is 11.4 Å². The molecule has 1 aliphatic rings. The minimum absolute atomic E-state index is 0.201. The third kappa shape index (κ3) is 2.86. The summed E-state index contributed by atoms with van der Waals surface area (Å²) in [5, 5.41) is 3.35. The fourth-order valence-corrected chi connectivity index (χ4v) is 3.86. The number of halogens is 1. The van der Waals surface area contributed by atoms with Gasteiger partial charge in [0.25, 0.3) is 0 Å². The van der Waals surface area contributed by atoms with Gasteiger partial charge in [-0.1, -0.05) is 6.07 Å². The van der Waals surface area contributed by atoms with Gasteiger partial charge in [0, 0.05) is 24.2 Å². The number of piperidine rings is 1. The van der Waals surface area contributed by atoms with Gasteiger partial charge in [-0.25, -0.2) is 19.2 Å². The number of nitrogens with zero attached hydrogens (tertiary/aromatic N) is 5. The second-order valence-electron chi connectivity index (χ2n) is 7.23. The van der Waals surface area contributed by atoms with E-state index in [1.165, 1.54) is 10.5 Å². The summed E-state index contributed by atoms with van der Waals surface area (Å²) in [5.74, 6) is 0.153. The van der Waals surface area contributed by atoms with Crippen LogP contribution in [0.2, 0.25) is 0 Å². The zero-order chi connectivity index (χ0) is 19.3. The van der Waals surface area contributed by atoms with Gasteiger partial charge in [-0.05, 0) is 56.5 Å². The van der Waals surface area contributed by atoms with Crippen LogP contribution in [0.15, 0.2) is 41.6 Å². The van der Waals surface area contributed by atoms with E-state index in [2.05, 4.69) is 20.3 Å². The van der Waals surface area contributed by atoms with Crippen molar-refractivity contribution in [3.63, 3.8) is 0 Å². The second kappa shape index (κ2) is 6.49. The molecule has 0 radical (unpaired) electrons. The molecule has 4 aromatic heterocycles. The maximum atomic E-state index is 14.4. The lowest BCUT2D eigenvalue weighted by atomic mass is 9.91. The Morgan fingerprint density at radius 3 is 2.75 bits per heavy atom. The smallest absolute Gasteiger partial charge is 0.317 e. The summed E-state index contributed by atoms with van der Waals surface area (Å²) in [6, 6.07) is 5.17. The van der Waals surface area contributed by atoms with Crippen LogP contribution in [-0.2, 0) is 0 Å². The molecule has 5 heterocycles. The van der Waals surface area contributed by atoms with Crippen molar-refractivity contribution >= 4 is 11.3 Å². The van der Waals surface area contributed by atoms with E-state index < -0.39 is 11.5 Å². The molecule has 0 spiro atoms. The predicted octanol–water partition coefficient (Wildman–Crippen LogP) is 2.32. The normalized spacial score (nSPS) is 15.5. The van der Waals surface area contributed by atoms with Gasteiger partial charge in [0.15, 0.2) is 17.3 Å². The first-order chi connectivity index (χ1) is 13.6. The SMILES string of the molecule is Cc1cn2cc(-c3nc(=O)n4cc(C5CCNCC5)ccc4n3)cc(F)c2n1. The van der Waals surface area contributed by atoms with Crippen LogP contribution >= 0.6 is 0 Å². The van der Waals surface area contributed by atoms with Crippen molar-refractivity contribution in [1.82, 2.24) is 29.1 Å². The molecule has 28 heavy (non-hydrogen) atoms. The fourth-order valence-electron chi connectivity index (χ4n) is 3.86. The minimum atomic E-state index is -0.476. The molecule has 0 amide bonds. The zero-order valence-electron chi connectivity index (χ0n) is 15.4. The van der Waals surface area contributed by atoms with Gasteiger partial charge in [-0.2, -0.15) is 4.98 Å². The highest BCUT2D eigenvalue weighted by molar-refractivity contribution is 5.60. The number of rotatable bonds is 2. The van der Waals surface area contributed by atoms with Gasteiger partial charge in [0.1, 0.15) is 5.65 Å². The molecule has 0 saturated carbocycles. The maximum Gasteiger partial charge on any atom is 0.355 e. The minimum Gasteiger partial charge on any atom is -0.317 e. The lowest BCUT2D eigenvalue weighted by Gasteiger charge is -2.23. The van der Waals surface area contributed by atoms with Crippen molar-refractivity contribution in [2.75, 3.05) is 13.1 Å². The summed E-state index contributed by atoms with van der Waals surface area (Å²) < 4.78 is 17.4. The number of hydrogen-bond acceptors (Lipinski definition) is 5. The Balaban J connectivity index is 1.60. The Labute approximate surface area is 159 Å². The third-order valence-corrected chi connectivity index (χ3v) is 5.27. The number of imidazole rings is 1. The van der Waals surface area contributed by atoms with Crippen molar-refractivity contribution in [2.24, 2.45) is 0 Å². The lowest BCUT2D eigenvalue weighted by Crippen LogP contribution is -2.27. The highest BCUT2D eigenvalue weighted by Gasteiger charge is 2.17. The van der Waals surface area contributed by atoms with Crippen molar-refractivity contribution in [1.29, 1.82) is 0 Å². The van der Waals surface area contributed by atoms with Gasteiger partial charge in [-0.15, -0.1) is 0 Å². The molecule has 1 saturated heterocycles. The first kappa shape index (κ1) is 17.0. The maximum absolute atomic E-state index is 14.4. The average molecular weight is 378 g/mol. The third-order valence-electron chi connectivity index (χ3n) is 5.27. The molecule has 1 N–H and O–H groups in total. The Hall–Kier alpha value is -3.13. The molecule has 0 aliphatic carbocycles. The van der Waals surface area contributed by atoms with Gasteiger partial charge in [0.2, 0.25) is 0 Å². The van der Waals surface area contributed by atoms with E-state index in [4.69, 9.17) is 0 Å². The van der Waals surface area contributed by atoms with Gasteiger partial charge in [-0.3, -0.25) is 4.40 Å². The number of aromatic nitrogens is 5. The van der Waals surface area contributed by atoms with Crippen LogP contribution in [0.1, 0.15) is 30.0 Å². The summed E-state index contributed by atoms with van der Waals surface area (Å²) in [6.07, 6.45) is 7.33. The Kier molecular flexibility index (Phi) is 3.94. The summed E-state index contributed by atoms with van der Waals surface area (Å²) in [4.78, 5) is 25.4. The summed E-state index contributed by atoms with van der Waals surface area (Å²) in [6.45, 7) is 3.76. The standard InChI is InChI=1S/C20H19FN6O/c1-12-9-26-10-15(8-16(21)19(26)23-12)18-24-17-3-2-14(11-27(17)20(28)25-18)13-4-6-22-7-5-13/h2-3,8-11,13,22H,4-7H2,1H3. The molecule has 7 nitrogen and oxygen atoms in total. The number of nitrogens with one attached hydrogen (secondary N) is 1. The van der Waals surface area contributed by atoms with E-state index in [1.807, 2.05) is 18.3 Å². The molecule has 8 heteroatoms. The average Bonchev–Trinajstić information content (AvgIpc) is 3.09. The van der Waals surface area contributed by atoms with Gasteiger partial charge >= 0.3 is 5.69 Å². The molecule has 0 atom stereocenters. The molecular formula is C20H19FN6O. The lowest BCUT2D eigenvalue weighted by molar-refractivity contribution is 0.459. The monoisotopic (exact) mass is 378 g/mol. The summed E-state index contributed by atoms with van der Waals surface area (Å²) >= 11 is 0. The Morgan fingerprint density at radius 1 is 1.11 bits per heavy atom.